The van der Waals surface area contributed by atoms with Gasteiger partial charge in [0.05, 0.1) is 22.7 Å². The van der Waals surface area contributed by atoms with Gasteiger partial charge in [0.15, 0.2) is 5.78 Å². The fourth-order valence-corrected chi connectivity index (χ4v) is 1.77. The first-order valence-corrected chi connectivity index (χ1v) is 5.18. The molecule has 3 nitrogen and oxygen atoms in total. The Balaban J connectivity index is 3.15. The first-order valence-electron chi connectivity index (χ1n) is 4.10. The Bertz CT molecular complexity index is 404. The van der Waals surface area contributed by atoms with Crippen molar-refractivity contribution in [1.29, 1.82) is 0 Å². The van der Waals surface area contributed by atoms with Crippen molar-refractivity contribution in [3.63, 3.8) is 0 Å². The van der Waals surface area contributed by atoms with Crippen molar-refractivity contribution in [2.75, 3.05) is 7.11 Å². The van der Waals surface area contributed by atoms with Crippen LogP contribution in [0.25, 0.3) is 0 Å². The third-order valence-corrected chi connectivity index (χ3v) is 2.65. The molecule has 0 heterocycles. The van der Waals surface area contributed by atoms with Crippen molar-refractivity contribution < 1.29 is 18.7 Å². The second-order valence-electron chi connectivity index (χ2n) is 2.76. The molecule has 1 aromatic carbocycles. The lowest BCUT2D eigenvalue weighted by molar-refractivity contribution is -0.107. The molecule has 0 bridgehead atoms. The zero-order chi connectivity index (χ0) is 11.4. The zero-order valence-electron chi connectivity index (χ0n) is 7.92. The highest BCUT2D eigenvalue weighted by molar-refractivity contribution is 14.1. The number of carbonyl (C=O) groups excluding carboxylic acids is 2. The van der Waals surface area contributed by atoms with Gasteiger partial charge in [-0.1, -0.05) is 0 Å². The molecule has 0 atom stereocenters. The van der Waals surface area contributed by atoms with Crippen LogP contribution >= 0.6 is 22.6 Å². The van der Waals surface area contributed by atoms with Crippen LogP contribution in [0, 0.1) is 9.39 Å². The SMILES string of the molecule is COc1cc(F)c(C(=O)CC=O)cc1I. The summed E-state index contributed by atoms with van der Waals surface area (Å²) < 4.78 is 18.9. The minimum Gasteiger partial charge on any atom is -0.496 e. The Kier molecular flexibility index (Phi) is 4.19. The van der Waals surface area contributed by atoms with Crippen LogP contribution in [0.3, 0.4) is 0 Å². The molecule has 0 saturated carbocycles. The molecule has 0 radical (unpaired) electrons. The Morgan fingerprint density at radius 3 is 2.80 bits per heavy atom. The number of carbonyl (C=O) groups is 2. The standard InChI is InChI=1S/C10H8FIO3/c1-15-10-5-7(11)6(4-8(10)12)9(14)2-3-13/h3-5H,2H2,1H3. The number of ketones is 1. The van der Waals surface area contributed by atoms with E-state index in [9.17, 15) is 14.0 Å². The Labute approximate surface area is 99.8 Å². The molecular weight excluding hydrogens is 314 g/mol. The van der Waals surface area contributed by atoms with Crippen LogP contribution in [0.5, 0.6) is 5.75 Å². The monoisotopic (exact) mass is 322 g/mol. The summed E-state index contributed by atoms with van der Waals surface area (Å²) in [5.74, 6) is -0.821. The molecule has 1 aromatic rings. The molecule has 1 rings (SSSR count). The predicted molar refractivity (Wildman–Crippen MR) is 60.7 cm³/mol. The molecule has 0 saturated heterocycles. The predicted octanol–water partition coefficient (Wildman–Crippen LogP) is 2.21. The third kappa shape index (κ3) is 2.74. The molecule has 0 aromatic heterocycles. The van der Waals surface area contributed by atoms with E-state index in [1.807, 2.05) is 22.6 Å². The molecule has 0 amide bonds. The van der Waals surface area contributed by atoms with Crippen molar-refractivity contribution in [1.82, 2.24) is 0 Å². The Hall–Kier alpha value is -0.980. The summed E-state index contributed by atoms with van der Waals surface area (Å²) in [6, 6.07) is 2.51. The van der Waals surface area contributed by atoms with Crippen molar-refractivity contribution in [2.24, 2.45) is 0 Å². The molecule has 5 heteroatoms. The highest BCUT2D eigenvalue weighted by Crippen LogP contribution is 2.24. The molecule has 0 aliphatic heterocycles. The van der Waals surface area contributed by atoms with Crippen LogP contribution in [-0.4, -0.2) is 19.2 Å². The molecule has 80 valence electrons. The van der Waals surface area contributed by atoms with E-state index in [0.29, 0.717) is 15.6 Å². The summed E-state index contributed by atoms with van der Waals surface area (Å²) in [6.07, 6.45) is 0.151. The van der Waals surface area contributed by atoms with Gasteiger partial charge in [0, 0.05) is 6.07 Å². The lowest BCUT2D eigenvalue weighted by atomic mass is 10.1. The first kappa shape index (κ1) is 12.1. The van der Waals surface area contributed by atoms with Gasteiger partial charge >= 0.3 is 0 Å². The lowest BCUT2D eigenvalue weighted by Gasteiger charge is -2.06. The second-order valence-corrected chi connectivity index (χ2v) is 3.92. The third-order valence-electron chi connectivity index (χ3n) is 1.81. The van der Waals surface area contributed by atoms with Gasteiger partial charge in [-0.25, -0.2) is 4.39 Å². The van der Waals surface area contributed by atoms with Gasteiger partial charge in [0.1, 0.15) is 17.9 Å². The molecule has 0 aliphatic carbocycles. The van der Waals surface area contributed by atoms with Crippen LogP contribution in [-0.2, 0) is 4.79 Å². The van der Waals surface area contributed by atoms with Crippen molar-refractivity contribution in [3.05, 3.63) is 27.1 Å². The number of benzene rings is 1. The van der Waals surface area contributed by atoms with Crippen LogP contribution in [0.4, 0.5) is 4.39 Å². The van der Waals surface area contributed by atoms with Crippen LogP contribution in [0.1, 0.15) is 16.8 Å². The Morgan fingerprint density at radius 2 is 2.27 bits per heavy atom. The number of rotatable bonds is 4. The van der Waals surface area contributed by atoms with Crippen molar-refractivity contribution in [3.8, 4) is 5.75 Å². The van der Waals surface area contributed by atoms with E-state index >= 15 is 0 Å². The fraction of sp³-hybridized carbons (Fsp3) is 0.200. The molecule has 0 fully saturated rings. The zero-order valence-corrected chi connectivity index (χ0v) is 10.1. The average Bonchev–Trinajstić information content (AvgIpc) is 2.21. The largest absolute Gasteiger partial charge is 0.496 e. The summed E-state index contributed by atoms with van der Waals surface area (Å²) in [5, 5.41) is 0. The number of hydrogen-bond donors (Lipinski definition) is 0. The maximum absolute atomic E-state index is 13.4. The van der Waals surface area contributed by atoms with Crippen molar-refractivity contribution >= 4 is 34.7 Å². The van der Waals surface area contributed by atoms with Gasteiger partial charge in [-0.2, -0.15) is 0 Å². The minimum absolute atomic E-state index is 0.0766. The van der Waals surface area contributed by atoms with E-state index < -0.39 is 11.6 Å². The van der Waals surface area contributed by atoms with E-state index in [0.717, 1.165) is 6.07 Å². The smallest absolute Gasteiger partial charge is 0.172 e. The van der Waals surface area contributed by atoms with Gasteiger partial charge in [-0.15, -0.1) is 0 Å². The number of ether oxygens (including phenoxy) is 1. The van der Waals surface area contributed by atoms with Gasteiger partial charge in [0.25, 0.3) is 0 Å². The normalized spacial score (nSPS) is 9.80. The maximum atomic E-state index is 13.4. The number of aldehydes is 1. The van der Waals surface area contributed by atoms with Gasteiger partial charge in [-0.3, -0.25) is 4.79 Å². The minimum atomic E-state index is -0.667. The van der Waals surface area contributed by atoms with Gasteiger partial charge in [0.2, 0.25) is 0 Å². The highest BCUT2D eigenvalue weighted by atomic mass is 127. The fourth-order valence-electron chi connectivity index (χ4n) is 1.08. The summed E-state index contributed by atoms with van der Waals surface area (Å²) in [5.41, 5.74) is -0.0766. The topological polar surface area (TPSA) is 43.4 Å². The summed E-state index contributed by atoms with van der Waals surface area (Å²) in [4.78, 5) is 21.4. The van der Waals surface area contributed by atoms with Crippen molar-refractivity contribution in [2.45, 2.75) is 6.42 Å². The molecule has 0 spiro atoms. The van der Waals surface area contributed by atoms with E-state index in [-0.39, 0.29) is 12.0 Å². The lowest BCUT2D eigenvalue weighted by Crippen LogP contribution is -2.04. The quantitative estimate of drug-likeness (QED) is 0.369. The van der Waals surface area contributed by atoms with Crippen LogP contribution in [0.15, 0.2) is 12.1 Å². The Morgan fingerprint density at radius 1 is 1.60 bits per heavy atom. The molecule has 15 heavy (non-hydrogen) atoms. The molecule has 0 N–H and O–H groups in total. The number of halogens is 2. The summed E-state index contributed by atoms with van der Waals surface area (Å²) >= 11 is 1.93. The van der Waals surface area contributed by atoms with E-state index in [1.54, 1.807) is 0 Å². The van der Waals surface area contributed by atoms with Crippen LogP contribution < -0.4 is 4.74 Å². The number of Topliss-reactive ketones (excluding diaryl/α,β-unsaturated/α-hetero) is 1. The second kappa shape index (κ2) is 5.20. The van der Waals surface area contributed by atoms with Gasteiger partial charge in [-0.05, 0) is 28.7 Å². The summed E-state index contributed by atoms with van der Waals surface area (Å²) in [7, 11) is 1.42. The number of hydrogen-bond acceptors (Lipinski definition) is 3. The molecule has 0 unspecified atom stereocenters. The van der Waals surface area contributed by atoms with E-state index in [4.69, 9.17) is 4.74 Å². The maximum Gasteiger partial charge on any atom is 0.172 e. The van der Waals surface area contributed by atoms with E-state index in [2.05, 4.69) is 0 Å². The van der Waals surface area contributed by atoms with E-state index in [1.165, 1.54) is 13.2 Å². The highest BCUT2D eigenvalue weighted by Gasteiger charge is 2.14. The van der Waals surface area contributed by atoms with Crippen LogP contribution in [0.2, 0.25) is 0 Å². The average molecular weight is 322 g/mol. The molecule has 0 aliphatic rings. The molecular formula is C10H8FIO3. The first-order chi connectivity index (χ1) is 7.10. The summed E-state index contributed by atoms with van der Waals surface area (Å²) in [6.45, 7) is 0. The number of methoxy groups -OCH3 is 1. The van der Waals surface area contributed by atoms with Gasteiger partial charge < -0.3 is 9.53 Å².